The first kappa shape index (κ1) is 15.8. The van der Waals surface area contributed by atoms with Crippen LogP contribution in [0.4, 0.5) is 10.3 Å². The van der Waals surface area contributed by atoms with E-state index >= 15 is 0 Å². The fourth-order valence-electron chi connectivity index (χ4n) is 2.80. The van der Waals surface area contributed by atoms with E-state index in [4.69, 9.17) is 0 Å². The lowest BCUT2D eigenvalue weighted by Gasteiger charge is -2.30. The quantitative estimate of drug-likeness (QED) is 0.891. The zero-order chi connectivity index (χ0) is 16.3. The predicted molar refractivity (Wildman–Crippen MR) is 87.1 cm³/mol. The van der Waals surface area contributed by atoms with E-state index in [1.807, 2.05) is 6.92 Å². The fraction of sp³-hybridized carbons (Fsp3) is 0.412. The lowest BCUT2D eigenvalue weighted by Crippen LogP contribution is -2.44. The fourth-order valence-corrected chi connectivity index (χ4v) is 2.80. The molecule has 1 unspecified atom stereocenters. The number of aliphatic hydroxyl groups is 1. The summed E-state index contributed by atoms with van der Waals surface area (Å²) in [5.41, 5.74) is 0.987. The van der Waals surface area contributed by atoms with Gasteiger partial charge in [0, 0.05) is 49.6 Å². The van der Waals surface area contributed by atoms with Crippen LogP contribution >= 0.6 is 0 Å². The van der Waals surface area contributed by atoms with Crippen LogP contribution in [-0.2, 0) is 5.41 Å². The van der Waals surface area contributed by atoms with E-state index < -0.39 is 5.41 Å². The van der Waals surface area contributed by atoms with Crippen molar-refractivity contribution in [1.82, 2.24) is 15.3 Å². The van der Waals surface area contributed by atoms with Crippen LogP contribution in [0.5, 0.6) is 0 Å². The number of piperazine rings is 1. The molecular formula is C17H21FN4O. The van der Waals surface area contributed by atoms with Crippen LogP contribution < -0.4 is 10.2 Å². The summed E-state index contributed by atoms with van der Waals surface area (Å²) in [5, 5.41) is 13.2. The summed E-state index contributed by atoms with van der Waals surface area (Å²) in [7, 11) is 0. The second-order valence-electron chi connectivity index (χ2n) is 6.01. The van der Waals surface area contributed by atoms with E-state index in [0.717, 1.165) is 37.3 Å². The van der Waals surface area contributed by atoms with E-state index in [9.17, 15) is 9.50 Å². The first-order valence-electron chi connectivity index (χ1n) is 7.78. The van der Waals surface area contributed by atoms with E-state index in [1.54, 1.807) is 24.5 Å². The molecule has 1 aromatic heterocycles. The molecule has 2 N–H and O–H groups in total. The number of aliphatic hydroxyl groups excluding tert-OH is 1. The van der Waals surface area contributed by atoms with Gasteiger partial charge in [0.25, 0.3) is 0 Å². The summed E-state index contributed by atoms with van der Waals surface area (Å²) in [5.74, 6) is 0.411. The smallest absolute Gasteiger partial charge is 0.225 e. The van der Waals surface area contributed by atoms with E-state index in [1.165, 1.54) is 12.1 Å². The highest BCUT2D eigenvalue weighted by atomic mass is 19.1. The molecule has 1 saturated heterocycles. The third-order valence-electron chi connectivity index (χ3n) is 4.47. The molecular weight excluding hydrogens is 295 g/mol. The van der Waals surface area contributed by atoms with Crippen molar-refractivity contribution in [3.63, 3.8) is 0 Å². The third-order valence-corrected chi connectivity index (χ3v) is 4.47. The van der Waals surface area contributed by atoms with Crippen molar-refractivity contribution in [2.75, 3.05) is 37.7 Å². The third kappa shape index (κ3) is 3.18. The second-order valence-corrected chi connectivity index (χ2v) is 6.01. The molecule has 1 atom stereocenters. The van der Waals surface area contributed by atoms with Crippen molar-refractivity contribution in [1.29, 1.82) is 0 Å². The summed E-state index contributed by atoms with van der Waals surface area (Å²) in [6, 6.07) is 6.18. The molecule has 1 fully saturated rings. The molecule has 5 nitrogen and oxygen atoms in total. The summed E-state index contributed by atoms with van der Waals surface area (Å²) in [6.45, 7) is 5.42. The topological polar surface area (TPSA) is 61.3 Å². The maximum absolute atomic E-state index is 13.1. The average Bonchev–Trinajstić information content (AvgIpc) is 2.62. The Balaban J connectivity index is 1.87. The van der Waals surface area contributed by atoms with Gasteiger partial charge in [-0.15, -0.1) is 0 Å². The Bertz CT molecular complexity index is 641. The number of aromatic nitrogens is 2. The Labute approximate surface area is 135 Å². The van der Waals surface area contributed by atoms with Crippen LogP contribution in [0.1, 0.15) is 18.1 Å². The van der Waals surface area contributed by atoms with Crippen LogP contribution in [0.2, 0.25) is 0 Å². The van der Waals surface area contributed by atoms with Crippen LogP contribution in [0.3, 0.4) is 0 Å². The number of hydrogen-bond acceptors (Lipinski definition) is 5. The second kappa shape index (κ2) is 6.60. The minimum atomic E-state index is -0.657. The minimum Gasteiger partial charge on any atom is -0.395 e. The molecule has 1 aromatic carbocycles. The number of hydrogen-bond donors (Lipinski definition) is 2. The highest BCUT2D eigenvalue weighted by Gasteiger charge is 2.29. The standard InChI is InChI=1S/C17H21FN4O/c1-17(12-23,13-2-4-15(18)5-3-13)14-10-20-16(21-11-14)22-8-6-19-7-9-22/h2-5,10-11,19,23H,6-9,12H2,1H3. The SMILES string of the molecule is CC(CO)(c1ccc(F)cc1)c1cnc(N2CCNCC2)nc1. The molecule has 3 rings (SSSR count). The van der Waals surface area contributed by atoms with Crippen molar-refractivity contribution in [3.05, 3.63) is 53.6 Å². The van der Waals surface area contributed by atoms with Crippen molar-refractivity contribution in [3.8, 4) is 0 Å². The summed E-state index contributed by atoms with van der Waals surface area (Å²) in [6.07, 6.45) is 3.51. The van der Waals surface area contributed by atoms with Crippen molar-refractivity contribution < 1.29 is 9.50 Å². The van der Waals surface area contributed by atoms with Gasteiger partial charge in [-0.3, -0.25) is 0 Å². The number of anilines is 1. The summed E-state index contributed by atoms with van der Waals surface area (Å²) < 4.78 is 13.1. The first-order chi connectivity index (χ1) is 11.1. The highest BCUT2D eigenvalue weighted by molar-refractivity contribution is 5.39. The largest absolute Gasteiger partial charge is 0.395 e. The van der Waals surface area contributed by atoms with Gasteiger partial charge in [-0.1, -0.05) is 12.1 Å². The number of halogens is 1. The maximum Gasteiger partial charge on any atom is 0.225 e. The lowest BCUT2D eigenvalue weighted by atomic mass is 9.78. The minimum absolute atomic E-state index is 0.102. The van der Waals surface area contributed by atoms with Gasteiger partial charge in [0.05, 0.1) is 6.61 Å². The van der Waals surface area contributed by atoms with Gasteiger partial charge in [-0.25, -0.2) is 14.4 Å². The summed E-state index contributed by atoms with van der Waals surface area (Å²) >= 11 is 0. The normalized spacial score (nSPS) is 17.8. The van der Waals surface area contributed by atoms with Gasteiger partial charge in [0.1, 0.15) is 5.82 Å². The predicted octanol–water partition coefficient (Wildman–Crippen LogP) is 1.32. The Morgan fingerprint density at radius 1 is 1.13 bits per heavy atom. The molecule has 1 aliphatic rings. The Morgan fingerprint density at radius 3 is 2.30 bits per heavy atom. The monoisotopic (exact) mass is 316 g/mol. The molecule has 0 amide bonds. The molecule has 2 aromatic rings. The van der Waals surface area contributed by atoms with Crippen LogP contribution in [0.15, 0.2) is 36.7 Å². The molecule has 0 bridgehead atoms. The van der Waals surface area contributed by atoms with E-state index in [-0.39, 0.29) is 12.4 Å². The maximum atomic E-state index is 13.1. The average molecular weight is 316 g/mol. The number of nitrogens with zero attached hydrogens (tertiary/aromatic N) is 3. The number of nitrogens with one attached hydrogen (secondary N) is 1. The Kier molecular flexibility index (Phi) is 4.54. The van der Waals surface area contributed by atoms with Gasteiger partial charge in [-0.2, -0.15) is 0 Å². The molecule has 23 heavy (non-hydrogen) atoms. The molecule has 122 valence electrons. The number of benzene rings is 1. The Morgan fingerprint density at radius 2 is 1.74 bits per heavy atom. The number of rotatable bonds is 4. The van der Waals surface area contributed by atoms with Gasteiger partial charge in [0.2, 0.25) is 5.95 Å². The first-order valence-corrected chi connectivity index (χ1v) is 7.78. The van der Waals surface area contributed by atoms with Gasteiger partial charge >= 0.3 is 0 Å². The molecule has 0 saturated carbocycles. The van der Waals surface area contributed by atoms with Crippen molar-refractivity contribution in [2.45, 2.75) is 12.3 Å². The summed E-state index contributed by atoms with van der Waals surface area (Å²) in [4.78, 5) is 11.1. The zero-order valence-electron chi connectivity index (χ0n) is 13.2. The molecule has 0 aliphatic carbocycles. The zero-order valence-corrected chi connectivity index (χ0v) is 13.2. The van der Waals surface area contributed by atoms with E-state index in [2.05, 4.69) is 20.2 Å². The van der Waals surface area contributed by atoms with Crippen LogP contribution in [0.25, 0.3) is 0 Å². The van der Waals surface area contributed by atoms with Gasteiger partial charge in [0.15, 0.2) is 0 Å². The lowest BCUT2D eigenvalue weighted by molar-refractivity contribution is 0.230. The van der Waals surface area contributed by atoms with Crippen molar-refractivity contribution in [2.24, 2.45) is 0 Å². The molecule has 2 heterocycles. The van der Waals surface area contributed by atoms with Crippen molar-refractivity contribution >= 4 is 5.95 Å². The molecule has 0 radical (unpaired) electrons. The highest BCUT2D eigenvalue weighted by Crippen LogP contribution is 2.31. The van der Waals surface area contributed by atoms with E-state index in [0.29, 0.717) is 5.95 Å². The van der Waals surface area contributed by atoms with Crippen LogP contribution in [0, 0.1) is 5.82 Å². The molecule has 0 spiro atoms. The Hall–Kier alpha value is -2.05. The van der Waals surface area contributed by atoms with Gasteiger partial charge in [-0.05, 0) is 24.6 Å². The van der Waals surface area contributed by atoms with Gasteiger partial charge < -0.3 is 15.3 Å². The molecule has 6 heteroatoms. The van der Waals surface area contributed by atoms with Crippen LogP contribution in [-0.4, -0.2) is 47.9 Å². The molecule has 1 aliphatic heterocycles.